The van der Waals surface area contributed by atoms with Crippen molar-refractivity contribution in [1.82, 2.24) is 4.98 Å². The summed E-state index contributed by atoms with van der Waals surface area (Å²) in [7, 11) is 1.34. The number of methoxy groups -OCH3 is 1. The summed E-state index contributed by atoms with van der Waals surface area (Å²) in [5.74, 6) is 0.0817. The van der Waals surface area contributed by atoms with Gasteiger partial charge < -0.3 is 15.2 Å². The average Bonchev–Trinajstić information content (AvgIpc) is 2.48. The lowest BCUT2D eigenvalue weighted by molar-refractivity contribution is 0.0599. The predicted molar refractivity (Wildman–Crippen MR) is 80.4 cm³/mol. The van der Waals surface area contributed by atoms with Crippen LogP contribution >= 0.6 is 0 Å². The highest BCUT2D eigenvalue weighted by atomic mass is 16.5. The monoisotopic (exact) mass is 286 g/mol. The first-order chi connectivity index (χ1) is 10.1. The number of nitrogen functional groups attached to an aromatic ring is 1. The molecule has 0 saturated heterocycles. The molecular formula is C16H18N2O3. The van der Waals surface area contributed by atoms with Crippen molar-refractivity contribution < 1.29 is 14.3 Å². The molecule has 1 heterocycles. The average molecular weight is 286 g/mol. The largest absolute Gasteiger partial charge is 0.477 e. The van der Waals surface area contributed by atoms with Gasteiger partial charge in [0.2, 0.25) is 5.88 Å². The standard InChI is InChI=1S/C16H18N2O3/c1-11-13(16(19)20-2)7-8-15(18-11)21-10-9-12-5-3-4-6-14(12)17/h3-8H,9-10,17H2,1-2H3. The molecule has 0 aliphatic carbocycles. The van der Waals surface area contributed by atoms with Crippen LogP contribution in [-0.4, -0.2) is 24.7 Å². The Kier molecular flexibility index (Phi) is 4.77. The Morgan fingerprint density at radius 1 is 1.24 bits per heavy atom. The third-order valence-corrected chi connectivity index (χ3v) is 3.14. The third-order valence-electron chi connectivity index (χ3n) is 3.14. The highest BCUT2D eigenvalue weighted by Crippen LogP contribution is 2.15. The molecule has 21 heavy (non-hydrogen) atoms. The van der Waals surface area contributed by atoms with E-state index < -0.39 is 5.97 Å². The number of ether oxygens (including phenoxy) is 2. The molecule has 2 rings (SSSR count). The second kappa shape index (κ2) is 6.74. The van der Waals surface area contributed by atoms with Crippen molar-refractivity contribution in [3.05, 3.63) is 53.2 Å². The van der Waals surface area contributed by atoms with Crippen LogP contribution in [0, 0.1) is 6.92 Å². The molecule has 1 aromatic heterocycles. The van der Waals surface area contributed by atoms with Crippen LogP contribution in [0.1, 0.15) is 21.6 Å². The fraction of sp³-hybridized carbons (Fsp3) is 0.250. The lowest BCUT2D eigenvalue weighted by Gasteiger charge is -2.09. The van der Waals surface area contributed by atoms with E-state index in [-0.39, 0.29) is 0 Å². The van der Waals surface area contributed by atoms with E-state index in [1.165, 1.54) is 7.11 Å². The molecular weight excluding hydrogens is 268 g/mol. The van der Waals surface area contributed by atoms with Crippen LogP contribution in [0.3, 0.4) is 0 Å². The molecule has 0 spiro atoms. The molecule has 2 N–H and O–H groups in total. The van der Waals surface area contributed by atoms with Crippen molar-refractivity contribution in [3.63, 3.8) is 0 Å². The lowest BCUT2D eigenvalue weighted by Crippen LogP contribution is -2.08. The maximum Gasteiger partial charge on any atom is 0.339 e. The predicted octanol–water partition coefficient (Wildman–Crippen LogP) is 2.38. The molecule has 110 valence electrons. The normalized spacial score (nSPS) is 10.2. The van der Waals surface area contributed by atoms with Crippen LogP contribution < -0.4 is 10.5 Å². The highest BCUT2D eigenvalue weighted by Gasteiger charge is 2.11. The van der Waals surface area contributed by atoms with E-state index in [1.807, 2.05) is 24.3 Å². The molecule has 0 radical (unpaired) electrons. The Morgan fingerprint density at radius 3 is 2.67 bits per heavy atom. The molecule has 1 aromatic carbocycles. The molecule has 0 saturated carbocycles. The zero-order valence-electron chi connectivity index (χ0n) is 12.1. The van der Waals surface area contributed by atoms with Gasteiger partial charge in [-0.05, 0) is 24.6 Å². The minimum atomic E-state index is -0.399. The van der Waals surface area contributed by atoms with E-state index in [9.17, 15) is 4.79 Å². The summed E-state index contributed by atoms with van der Waals surface area (Å²) in [5, 5.41) is 0. The molecule has 0 atom stereocenters. The Bertz CT molecular complexity index is 641. The van der Waals surface area contributed by atoms with Gasteiger partial charge in [-0.2, -0.15) is 0 Å². The summed E-state index contributed by atoms with van der Waals surface area (Å²) in [5.41, 5.74) is 8.69. The first-order valence-corrected chi connectivity index (χ1v) is 6.64. The van der Waals surface area contributed by atoms with E-state index in [4.69, 9.17) is 10.5 Å². The van der Waals surface area contributed by atoms with Gasteiger partial charge in [0.15, 0.2) is 0 Å². The number of pyridine rings is 1. The first kappa shape index (κ1) is 14.8. The molecule has 0 amide bonds. The van der Waals surface area contributed by atoms with Crippen LogP contribution in [0.2, 0.25) is 0 Å². The van der Waals surface area contributed by atoms with Crippen LogP contribution in [0.4, 0.5) is 5.69 Å². The first-order valence-electron chi connectivity index (χ1n) is 6.64. The smallest absolute Gasteiger partial charge is 0.339 e. The van der Waals surface area contributed by atoms with Gasteiger partial charge in [0.25, 0.3) is 0 Å². The highest BCUT2D eigenvalue weighted by molar-refractivity contribution is 5.90. The van der Waals surface area contributed by atoms with Gasteiger partial charge >= 0.3 is 5.97 Å². The number of nitrogens with zero attached hydrogens (tertiary/aromatic N) is 1. The van der Waals surface area contributed by atoms with Gasteiger partial charge in [-0.1, -0.05) is 18.2 Å². The fourth-order valence-electron chi connectivity index (χ4n) is 1.97. The van der Waals surface area contributed by atoms with Crippen LogP contribution in [0.25, 0.3) is 0 Å². The second-order valence-corrected chi connectivity index (χ2v) is 4.57. The van der Waals surface area contributed by atoms with Crippen molar-refractivity contribution in [3.8, 4) is 5.88 Å². The van der Waals surface area contributed by atoms with Crippen LogP contribution in [0.5, 0.6) is 5.88 Å². The number of anilines is 1. The van der Waals surface area contributed by atoms with Crippen molar-refractivity contribution in [2.45, 2.75) is 13.3 Å². The molecule has 5 nitrogen and oxygen atoms in total. The number of carbonyl (C=O) groups excluding carboxylic acids is 1. The number of esters is 1. The van der Waals surface area contributed by atoms with Gasteiger partial charge in [-0.25, -0.2) is 9.78 Å². The van der Waals surface area contributed by atoms with Gasteiger partial charge in [-0.15, -0.1) is 0 Å². The Balaban J connectivity index is 1.97. The number of aromatic nitrogens is 1. The van der Waals surface area contributed by atoms with E-state index in [1.54, 1.807) is 19.1 Å². The minimum Gasteiger partial charge on any atom is -0.477 e. The zero-order valence-corrected chi connectivity index (χ0v) is 12.1. The SMILES string of the molecule is COC(=O)c1ccc(OCCc2ccccc2N)nc1C. The molecule has 5 heteroatoms. The fourth-order valence-corrected chi connectivity index (χ4v) is 1.97. The van der Waals surface area contributed by atoms with E-state index in [0.717, 1.165) is 11.3 Å². The molecule has 2 aromatic rings. The van der Waals surface area contributed by atoms with Crippen molar-refractivity contribution in [1.29, 1.82) is 0 Å². The number of rotatable bonds is 5. The number of nitrogens with two attached hydrogens (primary N) is 1. The van der Waals surface area contributed by atoms with Crippen molar-refractivity contribution in [2.24, 2.45) is 0 Å². The summed E-state index contributed by atoms with van der Waals surface area (Å²) in [4.78, 5) is 15.7. The quantitative estimate of drug-likeness (QED) is 0.674. The maximum absolute atomic E-state index is 11.5. The summed E-state index contributed by atoms with van der Waals surface area (Å²) in [6.45, 7) is 2.21. The third kappa shape index (κ3) is 3.72. The molecule has 0 aliphatic heterocycles. The molecule has 0 unspecified atom stereocenters. The number of benzene rings is 1. The lowest BCUT2D eigenvalue weighted by atomic mass is 10.1. The molecule has 0 aliphatic rings. The Hall–Kier alpha value is -2.56. The zero-order chi connectivity index (χ0) is 15.2. The van der Waals surface area contributed by atoms with E-state index >= 15 is 0 Å². The summed E-state index contributed by atoms with van der Waals surface area (Å²) in [6, 6.07) is 11.0. The van der Waals surface area contributed by atoms with E-state index in [2.05, 4.69) is 9.72 Å². The van der Waals surface area contributed by atoms with Gasteiger partial charge in [0.05, 0.1) is 25.0 Å². The Morgan fingerprint density at radius 2 is 2.00 bits per heavy atom. The summed E-state index contributed by atoms with van der Waals surface area (Å²) < 4.78 is 10.3. The molecule has 0 bridgehead atoms. The van der Waals surface area contributed by atoms with Crippen molar-refractivity contribution in [2.75, 3.05) is 19.5 Å². The van der Waals surface area contributed by atoms with Gasteiger partial charge in [-0.3, -0.25) is 0 Å². The Labute approximate surface area is 123 Å². The van der Waals surface area contributed by atoms with Gasteiger partial charge in [0.1, 0.15) is 0 Å². The number of hydrogen-bond donors (Lipinski definition) is 1. The van der Waals surface area contributed by atoms with Gasteiger partial charge in [0, 0.05) is 18.2 Å². The topological polar surface area (TPSA) is 74.4 Å². The number of para-hydroxylation sites is 1. The van der Waals surface area contributed by atoms with E-state index in [0.29, 0.717) is 30.2 Å². The number of carbonyl (C=O) groups is 1. The maximum atomic E-state index is 11.5. The van der Waals surface area contributed by atoms with Crippen LogP contribution in [-0.2, 0) is 11.2 Å². The molecule has 0 fully saturated rings. The second-order valence-electron chi connectivity index (χ2n) is 4.57. The summed E-state index contributed by atoms with van der Waals surface area (Å²) in [6.07, 6.45) is 0.701. The summed E-state index contributed by atoms with van der Waals surface area (Å²) >= 11 is 0. The van der Waals surface area contributed by atoms with Crippen LogP contribution in [0.15, 0.2) is 36.4 Å². The number of hydrogen-bond acceptors (Lipinski definition) is 5. The minimum absolute atomic E-state index is 0.399. The van der Waals surface area contributed by atoms with Crippen molar-refractivity contribution >= 4 is 11.7 Å². The number of aryl methyl sites for hydroxylation is 1.